The Balaban J connectivity index is 2.51. The SMILES string of the molecule is O=CCc1cccc2cccc-2c1. The second kappa shape index (κ2) is 3.40. The van der Waals surface area contributed by atoms with E-state index in [1.165, 1.54) is 11.1 Å². The summed E-state index contributed by atoms with van der Waals surface area (Å²) in [7, 11) is 0. The summed E-state index contributed by atoms with van der Waals surface area (Å²) in [4.78, 5) is 10.4. The molecule has 2 aliphatic rings. The maximum absolute atomic E-state index is 10.4. The summed E-state index contributed by atoms with van der Waals surface area (Å²) in [6.45, 7) is 0. The summed E-state index contributed by atoms with van der Waals surface area (Å²) in [6.07, 6.45) is 1.43. The number of hydrogen-bond acceptors (Lipinski definition) is 1. The van der Waals surface area contributed by atoms with Gasteiger partial charge in [0, 0.05) is 6.42 Å². The minimum atomic E-state index is 0.495. The Morgan fingerprint density at radius 2 is 1.69 bits per heavy atom. The van der Waals surface area contributed by atoms with E-state index in [0.717, 1.165) is 11.8 Å². The van der Waals surface area contributed by atoms with Gasteiger partial charge in [-0.1, -0.05) is 42.5 Å². The first-order chi connectivity index (χ1) is 6.40. The van der Waals surface area contributed by atoms with Gasteiger partial charge in [0.25, 0.3) is 0 Å². The highest BCUT2D eigenvalue weighted by Gasteiger charge is 1.99. The Bertz CT molecular complexity index is 392. The quantitative estimate of drug-likeness (QED) is 0.633. The first-order valence-electron chi connectivity index (χ1n) is 4.31. The van der Waals surface area contributed by atoms with Crippen LogP contribution in [0.15, 0.2) is 42.5 Å². The number of fused-ring (bicyclic) bond motifs is 1. The van der Waals surface area contributed by atoms with E-state index in [0.29, 0.717) is 6.42 Å². The van der Waals surface area contributed by atoms with Crippen molar-refractivity contribution in [1.82, 2.24) is 0 Å². The highest BCUT2D eigenvalue weighted by molar-refractivity contribution is 5.67. The molecule has 0 spiro atoms. The largest absolute Gasteiger partial charge is 0.303 e. The summed E-state index contributed by atoms with van der Waals surface area (Å²) >= 11 is 0. The molecule has 0 radical (unpaired) electrons. The molecular weight excluding hydrogens is 160 g/mol. The molecule has 1 nitrogen and oxygen atoms in total. The van der Waals surface area contributed by atoms with Gasteiger partial charge in [0.2, 0.25) is 0 Å². The first-order valence-corrected chi connectivity index (χ1v) is 4.31. The molecule has 0 aromatic heterocycles. The number of carbonyl (C=O) groups is 1. The van der Waals surface area contributed by atoms with E-state index in [1.54, 1.807) is 0 Å². The Kier molecular flexibility index (Phi) is 2.09. The van der Waals surface area contributed by atoms with Gasteiger partial charge in [-0.25, -0.2) is 0 Å². The van der Waals surface area contributed by atoms with Gasteiger partial charge in [-0.2, -0.15) is 0 Å². The molecular formula is C12H10O. The number of carbonyl (C=O) groups excluding carboxylic acids is 1. The van der Waals surface area contributed by atoms with E-state index in [2.05, 4.69) is 24.3 Å². The summed E-state index contributed by atoms with van der Waals surface area (Å²) in [5.41, 5.74) is 3.48. The van der Waals surface area contributed by atoms with Gasteiger partial charge in [0.1, 0.15) is 6.29 Å². The average Bonchev–Trinajstić information content (AvgIpc) is 2.46. The summed E-state index contributed by atoms with van der Waals surface area (Å²) < 4.78 is 0. The van der Waals surface area contributed by atoms with E-state index >= 15 is 0 Å². The van der Waals surface area contributed by atoms with Crippen molar-refractivity contribution in [3.8, 4) is 11.1 Å². The third-order valence-electron chi connectivity index (χ3n) is 2.13. The van der Waals surface area contributed by atoms with Crippen molar-refractivity contribution in [3.63, 3.8) is 0 Å². The van der Waals surface area contributed by atoms with Crippen molar-refractivity contribution in [2.75, 3.05) is 0 Å². The van der Waals surface area contributed by atoms with Gasteiger partial charge < -0.3 is 4.79 Å². The van der Waals surface area contributed by atoms with Crippen LogP contribution in [0, 0.1) is 0 Å². The fourth-order valence-electron chi connectivity index (χ4n) is 1.48. The summed E-state index contributed by atoms with van der Waals surface area (Å²) in [6, 6.07) is 14.2. The van der Waals surface area contributed by atoms with E-state index in [-0.39, 0.29) is 0 Å². The van der Waals surface area contributed by atoms with Crippen molar-refractivity contribution in [1.29, 1.82) is 0 Å². The lowest BCUT2D eigenvalue weighted by Gasteiger charge is -1.91. The van der Waals surface area contributed by atoms with Crippen LogP contribution in [0.4, 0.5) is 0 Å². The minimum absolute atomic E-state index is 0.495. The Morgan fingerprint density at radius 3 is 2.46 bits per heavy atom. The van der Waals surface area contributed by atoms with E-state index in [4.69, 9.17) is 0 Å². The van der Waals surface area contributed by atoms with Crippen LogP contribution in [-0.4, -0.2) is 6.29 Å². The maximum Gasteiger partial charge on any atom is 0.124 e. The molecule has 2 aliphatic carbocycles. The van der Waals surface area contributed by atoms with Crippen LogP contribution < -0.4 is 0 Å². The molecule has 0 aliphatic heterocycles. The molecule has 0 bridgehead atoms. The predicted octanol–water partition coefficient (Wildman–Crippen LogP) is 2.53. The highest BCUT2D eigenvalue weighted by Crippen LogP contribution is 2.22. The standard InChI is InChI=1S/C12H10O/c13-8-7-10-3-1-4-11-5-2-6-12(11)9-10/h1-6,8-9H,7H2. The molecule has 0 amide bonds. The third kappa shape index (κ3) is 1.59. The van der Waals surface area contributed by atoms with Crippen LogP contribution in [0.5, 0.6) is 0 Å². The van der Waals surface area contributed by atoms with Gasteiger partial charge >= 0.3 is 0 Å². The van der Waals surface area contributed by atoms with Gasteiger partial charge in [-0.15, -0.1) is 0 Å². The van der Waals surface area contributed by atoms with Crippen LogP contribution in [0.2, 0.25) is 0 Å². The van der Waals surface area contributed by atoms with E-state index in [1.807, 2.05) is 18.2 Å². The predicted molar refractivity (Wildman–Crippen MR) is 52.8 cm³/mol. The molecule has 64 valence electrons. The van der Waals surface area contributed by atoms with E-state index in [9.17, 15) is 4.79 Å². The fourth-order valence-corrected chi connectivity index (χ4v) is 1.48. The Labute approximate surface area is 77.4 Å². The average molecular weight is 170 g/mol. The Morgan fingerprint density at radius 1 is 1.00 bits per heavy atom. The van der Waals surface area contributed by atoms with Crippen LogP contribution in [-0.2, 0) is 11.2 Å². The number of rotatable bonds is 2. The van der Waals surface area contributed by atoms with Crippen molar-refractivity contribution >= 4 is 6.29 Å². The minimum Gasteiger partial charge on any atom is -0.303 e. The number of aldehydes is 1. The second-order valence-corrected chi connectivity index (χ2v) is 3.05. The summed E-state index contributed by atoms with van der Waals surface area (Å²) in [5.74, 6) is 0. The molecule has 0 unspecified atom stereocenters. The molecule has 0 N–H and O–H groups in total. The number of hydrogen-bond donors (Lipinski definition) is 0. The van der Waals surface area contributed by atoms with Crippen LogP contribution in [0.3, 0.4) is 0 Å². The second-order valence-electron chi connectivity index (χ2n) is 3.05. The smallest absolute Gasteiger partial charge is 0.124 e. The van der Waals surface area contributed by atoms with E-state index < -0.39 is 0 Å². The van der Waals surface area contributed by atoms with Gasteiger partial charge in [0.05, 0.1) is 0 Å². The Hall–Kier alpha value is -1.63. The monoisotopic (exact) mass is 170 g/mol. The molecule has 0 atom stereocenters. The molecule has 0 aromatic rings. The topological polar surface area (TPSA) is 17.1 Å². The molecule has 0 saturated carbocycles. The van der Waals surface area contributed by atoms with Gasteiger partial charge in [0.15, 0.2) is 0 Å². The normalized spacial score (nSPS) is 10.2. The van der Waals surface area contributed by atoms with Crippen molar-refractivity contribution in [2.45, 2.75) is 6.42 Å². The zero-order valence-corrected chi connectivity index (χ0v) is 7.23. The van der Waals surface area contributed by atoms with Crippen molar-refractivity contribution in [2.24, 2.45) is 0 Å². The van der Waals surface area contributed by atoms with Crippen LogP contribution in [0.1, 0.15) is 5.56 Å². The maximum atomic E-state index is 10.4. The van der Waals surface area contributed by atoms with Gasteiger partial charge in [-0.05, 0) is 16.7 Å². The molecule has 0 saturated heterocycles. The van der Waals surface area contributed by atoms with Crippen molar-refractivity contribution < 1.29 is 4.79 Å². The summed E-state index contributed by atoms with van der Waals surface area (Å²) in [5, 5.41) is 0. The van der Waals surface area contributed by atoms with Gasteiger partial charge in [-0.3, -0.25) is 0 Å². The third-order valence-corrected chi connectivity index (χ3v) is 2.13. The molecule has 1 heteroatoms. The van der Waals surface area contributed by atoms with Crippen LogP contribution in [0.25, 0.3) is 11.1 Å². The molecule has 0 heterocycles. The van der Waals surface area contributed by atoms with Crippen LogP contribution >= 0.6 is 0 Å². The lowest BCUT2D eigenvalue weighted by molar-refractivity contribution is -0.107. The zero-order chi connectivity index (χ0) is 9.10. The fraction of sp³-hybridized carbons (Fsp3) is 0.0833. The van der Waals surface area contributed by atoms with Crippen molar-refractivity contribution in [3.05, 3.63) is 48.0 Å². The zero-order valence-electron chi connectivity index (χ0n) is 7.23. The lowest BCUT2D eigenvalue weighted by Crippen LogP contribution is -1.81. The molecule has 13 heavy (non-hydrogen) atoms. The lowest BCUT2D eigenvalue weighted by atomic mass is 10.1. The first kappa shape index (κ1) is 7.99. The highest BCUT2D eigenvalue weighted by atomic mass is 16.1. The molecule has 0 aromatic carbocycles. The molecule has 2 rings (SSSR count). The molecule has 0 fully saturated rings.